The predicted octanol–water partition coefficient (Wildman–Crippen LogP) is 3.01. The average Bonchev–Trinajstić information content (AvgIpc) is 2.62. The van der Waals surface area contributed by atoms with Crippen molar-refractivity contribution < 1.29 is 19.1 Å². The number of ether oxygens (including phenoxy) is 1. The van der Waals surface area contributed by atoms with Gasteiger partial charge in [-0.1, -0.05) is 54.1 Å². The van der Waals surface area contributed by atoms with E-state index in [0.29, 0.717) is 22.7 Å². The van der Waals surface area contributed by atoms with Gasteiger partial charge in [-0.3, -0.25) is 14.9 Å². The number of hydrogen-bond donors (Lipinski definition) is 2. The summed E-state index contributed by atoms with van der Waals surface area (Å²) in [5.74, 6) is -1.31. The molecule has 0 aliphatic heterocycles. The zero-order valence-corrected chi connectivity index (χ0v) is 15.0. The van der Waals surface area contributed by atoms with E-state index in [-0.39, 0.29) is 6.42 Å². The number of amides is 3. The van der Waals surface area contributed by atoms with Crippen LogP contribution in [0.3, 0.4) is 0 Å². The Balaban J connectivity index is 2.10. The Labute approximate surface area is 156 Å². The molecule has 0 unspecified atom stereocenters. The molecule has 0 radical (unpaired) electrons. The van der Waals surface area contributed by atoms with Crippen LogP contribution in [-0.4, -0.2) is 24.5 Å². The second-order valence-corrected chi connectivity index (χ2v) is 5.87. The summed E-state index contributed by atoms with van der Waals surface area (Å²) < 4.78 is 5.35. The summed E-state index contributed by atoms with van der Waals surface area (Å²) >= 11 is 5.82. The summed E-state index contributed by atoms with van der Waals surface area (Å²) in [4.78, 5) is 36.3. The second kappa shape index (κ2) is 9.58. The number of imide groups is 1. The van der Waals surface area contributed by atoms with E-state index >= 15 is 0 Å². The zero-order valence-electron chi connectivity index (χ0n) is 14.2. The van der Waals surface area contributed by atoms with Crippen molar-refractivity contribution in [3.05, 3.63) is 70.7 Å². The lowest BCUT2D eigenvalue weighted by Gasteiger charge is -2.17. The number of halogens is 1. The summed E-state index contributed by atoms with van der Waals surface area (Å²) in [6, 6.07) is 14.6. The van der Waals surface area contributed by atoms with Crippen LogP contribution in [0, 0.1) is 0 Å². The molecule has 2 aromatic carbocycles. The summed E-state index contributed by atoms with van der Waals surface area (Å²) in [5, 5.41) is 5.19. The van der Waals surface area contributed by atoms with Gasteiger partial charge in [0.25, 0.3) is 5.91 Å². The maximum Gasteiger partial charge on any atom is 0.321 e. The third kappa shape index (κ3) is 5.89. The van der Waals surface area contributed by atoms with Gasteiger partial charge in [-0.05, 0) is 24.6 Å². The van der Waals surface area contributed by atoms with Crippen LogP contribution in [0.25, 0.3) is 0 Å². The normalized spacial score (nSPS) is 11.3. The van der Waals surface area contributed by atoms with E-state index in [2.05, 4.69) is 10.6 Å². The standard InChI is InChI=1S/C19H19ClN2O4/c1-2-21-19(25)22-18(24)17(14-6-4-3-5-7-14)26-16(23)12-13-8-10-15(20)11-9-13/h3-11,17H,2,12H2,1H3,(H2,21,22,24,25)/t17-/m0/s1. The molecule has 2 aromatic rings. The Morgan fingerprint density at radius 1 is 1.04 bits per heavy atom. The first-order chi connectivity index (χ1) is 12.5. The third-order valence-corrected chi connectivity index (χ3v) is 3.68. The van der Waals surface area contributed by atoms with Crippen molar-refractivity contribution in [2.45, 2.75) is 19.4 Å². The monoisotopic (exact) mass is 374 g/mol. The molecule has 0 saturated carbocycles. The molecular weight excluding hydrogens is 356 g/mol. The Bertz CT molecular complexity index is 763. The van der Waals surface area contributed by atoms with Crippen molar-refractivity contribution in [2.24, 2.45) is 0 Å². The number of benzene rings is 2. The second-order valence-electron chi connectivity index (χ2n) is 5.43. The summed E-state index contributed by atoms with van der Waals surface area (Å²) in [7, 11) is 0. The SMILES string of the molecule is CCNC(=O)NC(=O)[C@@H](OC(=O)Cc1ccc(Cl)cc1)c1ccccc1. The van der Waals surface area contributed by atoms with E-state index in [9.17, 15) is 14.4 Å². The number of urea groups is 1. The van der Waals surface area contributed by atoms with Crippen LogP contribution in [0.2, 0.25) is 5.02 Å². The minimum atomic E-state index is -1.22. The highest BCUT2D eigenvalue weighted by Crippen LogP contribution is 2.19. The average molecular weight is 375 g/mol. The highest BCUT2D eigenvalue weighted by molar-refractivity contribution is 6.30. The lowest BCUT2D eigenvalue weighted by atomic mass is 10.1. The molecule has 2 N–H and O–H groups in total. The Hall–Kier alpha value is -2.86. The van der Waals surface area contributed by atoms with Crippen LogP contribution in [0.4, 0.5) is 4.79 Å². The van der Waals surface area contributed by atoms with E-state index in [4.69, 9.17) is 16.3 Å². The maximum atomic E-state index is 12.4. The van der Waals surface area contributed by atoms with Crippen molar-refractivity contribution in [3.8, 4) is 0 Å². The fourth-order valence-corrected chi connectivity index (χ4v) is 2.35. The van der Waals surface area contributed by atoms with Gasteiger partial charge in [0.1, 0.15) is 0 Å². The molecule has 26 heavy (non-hydrogen) atoms. The summed E-state index contributed by atoms with van der Waals surface area (Å²) in [6.07, 6.45) is -1.24. The van der Waals surface area contributed by atoms with Gasteiger partial charge in [0.05, 0.1) is 6.42 Å². The van der Waals surface area contributed by atoms with Gasteiger partial charge in [0.15, 0.2) is 0 Å². The van der Waals surface area contributed by atoms with Crippen LogP contribution < -0.4 is 10.6 Å². The van der Waals surface area contributed by atoms with E-state index in [1.807, 2.05) is 0 Å². The van der Waals surface area contributed by atoms with Gasteiger partial charge in [-0.15, -0.1) is 0 Å². The fourth-order valence-electron chi connectivity index (χ4n) is 2.22. The lowest BCUT2D eigenvalue weighted by Crippen LogP contribution is -2.42. The Morgan fingerprint density at radius 2 is 1.69 bits per heavy atom. The quantitative estimate of drug-likeness (QED) is 0.761. The third-order valence-electron chi connectivity index (χ3n) is 3.43. The van der Waals surface area contributed by atoms with Crippen LogP contribution in [0.5, 0.6) is 0 Å². The highest BCUT2D eigenvalue weighted by Gasteiger charge is 2.26. The van der Waals surface area contributed by atoms with Crippen molar-refractivity contribution >= 4 is 29.5 Å². The molecule has 0 fully saturated rings. The maximum absolute atomic E-state index is 12.4. The molecule has 6 nitrogen and oxygen atoms in total. The molecule has 0 aliphatic rings. The largest absolute Gasteiger partial charge is 0.447 e. The van der Waals surface area contributed by atoms with Crippen molar-refractivity contribution in [3.63, 3.8) is 0 Å². The molecule has 0 heterocycles. The van der Waals surface area contributed by atoms with Gasteiger partial charge in [0.2, 0.25) is 6.10 Å². The molecule has 0 bridgehead atoms. The van der Waals surface area contributed by atoms with Crippen LogP contribution in [0.1, 0.15) is 24.2 Å². The molecule has 7 heteroatoms. The number of esters is 1. The van der Waals surface area contributed by atoms with Gasteiger partial charge in [-0.2, -0.15) is 0 Å². The molecule has 2 rings (SSSR count). The van der Waals surface area contributed by atoms with Crippen LogP contribution in [-0.2, 0) is 20.7 Å². The minimum absolute atomic E-state index is 0.0189. The number of carbonyl (C=O) groups is 3. The van der Waals surface area contributed by atoms with Gasteiger partial charge >= 0.3 is 12.0 Å². The molecule has 0 aliphatic carbocycles. The number of nitrogens with one attached hydrogen (secondary N) is 2. The van der Waals surface area contributed by atoms with Crippen molar-refractivity contribution in [1.29, 1.82) is 0 Å². The van der Waals surface area contributed by atoms with Gasteiger partial charge < -0.3 is 10.1 Å². The Kier molecular flexibility index (Phi) is 7.17. The number of carbonyl (C=O) groups excluding carboxylic acids is 3. The summed E-state index contributed by atoms with van der Waals surface area (Å²) in [6.45, 7) is 2.09. The predicted molar refractivity (Wildman–Crippen MR) is 97.6 cm³/mol. The molecular formula is C19H19ClN2O4. The first kappa shape index (κ1) is 19.5. The smallest absolute Gasteiger partial charge is 0.321 e. The van der Waals surface area contributed by atoms with E-state index in [0.717, 1.165) is 0 Å². The zero-order chi connectivity index (χ0) is 18.9. The molecule has 3 amide bonds. The van der Waals surface area contributed by atoms with Gasteiger partial charge in [0, 0.05) is 17.1 Å². The molecule has 0 saturated heterocycles. The Morgan fingerprint density at radius 3 is 2.31 bits per heavy atom. The number of hydrogen-bond acceptors (Lipinski definition) is 4. The first-order valence-corrected chi connectivity index (χ1v) is 8.45. The summed E-state index contributed by atoms with van der Waals surface area (Å²) in [5.41, 5.74) is 1.18. The molecule has 0 spiro atoms. The highest BCUT2D eigenvalue weighted by atomic mass is 35.5. The van der Waals surface area contributed by atoms with Crippen LogP contribution >= 0.6 is 11.6 Å². The van der Waals surface area contributed by atoms with E-state index < -0.39 is 24.0 Å². The molecule has 0 aromatic heterocycles. The molecule has 1 atom stereocenters. The van der Waals surface area contributed by atoms with E-state index in [1.165, 1.54) is 0 Å². The lowest BCUT2D eigenvalue weighted by molar-refractivity contribution is -0.155. The molecule has 136 valence electrons. The number of rotatable bonds is 6. The van der Waals surface area contributed by atoms with E-state index in [1.54, 1.807) is 61.5 Å². The van der Waals surface area contributed by atoms with Crippen molar-refractivity contribution in [2.75, 3.05) is 6.54 Å². The van der Waals surface area contributed by atoms with Crippen molar-refractivity contribution in [1.82, 2.24) is 10.6 Å². The van der Waals surface area contributed by atoms with Crippen LogP contribution in [0.15, 0.2) is 54.6 Å². The minimum Gasteiger partial charge on any atom is -0.447 e. The van der Waals surface area contributed by atoms with Gasteiger partial charge in [-0.25, -0.2) is 4.79 Å². The first-order valence-electron chi connectivity index (χ1n) is 8.07. The topological polar surface area (TPSA) is 84.5 Å². The fraction of sp³-hybridized carbons (Fsp3) is 0.211.